The molecule has 1 N–H and O–H groups in total. The Balaban J connectivity index is 1.50. The molecule has 3 nitrogen and oxygen atoms in total. The van der Waals surface area contributed by atoms with Crippen molar-refractivity contribution in [2.45, 2.75) is 31.7 Å². The van der Waals surface area contributed by atoms with Crippen molar-refractivity contribution >= 4 is 5.91 Å². The van der Waals surface area contributed by atoms with E-state index in [9.17, 15) is 4.79 Å². The van der Waals surface area contributed by atoms with Crippen molar-refractivity contribution in [2.75, 3.05) is 19.6 Å². The van der Waals surface area contributed by atoms with Gasteiger partial charge in [-0.3, -0.25) is 9.69 Å². The number of nitrogens with one attached hydrogen (secondary N) is 1. The molecule has 1 atom stereocenters. The predicted octanol–water partition coefficient (Wildman–Crippen LogP) is 3.57. The van der Waals surface area contributed by atoms with Crippen LogP contribution in [0.1, 0.15) is 36.3 Å². The first-order valence-electron chi connectivity index (χ1n) is 9.36. The summed E-state index contributed by atoms with van der Waals surface area (Å²) in [6, 6.07) is 21.1. The molecule has 2 saturated heterocycles. The molecule has 1 spiro atoms. The van der Waals surface area contributed by atoms with E-state index in [1.165, 1.54) is 11.1 Å². The molecular formula is C22H26N2O. The topological polar surface area (TPSA) is 32.3 Å². The van der Waals surface area contributed by atoms with Gasteiger partial charge < -0.3 is 5.32 Å². The Morgan fingerprint density at radius 2 is 1.56 bits per heavy atom. The van der Waals surface area contributed by atoms with Crippen molar-refractivity contribution in [3.05, 3.63) is 71.8 Å². The molecule has 1 unspecified atom stereocenters. The molecule has 130 valence electrons. The zero-order chi connectivity index (χ0) is 17.1. The summed E-state index contributed by atoms with van der Waals surface area (Å²) in [5.74, 6) is 0.218. The average Bonchev–Trinajstić information content (AvgIpc) is 2.66. The molecule has 0 bridgehead atoms. The van der Waals surface area contributed by atoms with Crippen LogP contribution in [0.3, 0.4) is 0 Å². The van der Waals surface area contributed by atoms with Crippen LogP contribution < -0.4 is 5.32 Å². The van der Waals surface area contributed by atoms with Gasteiger partial charge in [-0.1, -0.05) is 60.7 Å². The number of hydrogen-bond acceptors (Lipinski definition) is 2. The fourth-order valence-electron chi connectivity index (χ4n) is 4.65. The van der Waals surface area contributed by atoms with Crippen LogP contribution in [0, 0.1) is 5.41 Å². The highest BCUT2D eigenvalue weighted by Gasteiger charge is 2.47. The average molecular weight is 334 g/mol. The van der Waals surface area contributed by atoms with Gasteiger partial charge in [-0.2, -0.15) is 0 Å². The minimum atomic E-state index is 0.00123. The number of carbonyl (C=O) groups excluding carboxylic acids is 1. The summed E-state index contributed by atoms with van der Waals surface area (Å²) in [7, 11) is 0. The standard InChI is InChI=1S/C22H26N2O/c25-21-20(19-9-5-2-6-10-19)22(11-14-23-21)12-15-24(16-13-22)17-18-7-3-1-4-8-18/h1-10,20H,11-17H2,(H,23,25). The quantitative estimate of drug-likeness (QED) is 0.931. The Morgan fingerprint density at radius 3 is 2.24 bits per heavy atom. The molecule has 25 heavy (non-hydrogen) atoms. The van der Waals surface area contributed by atoms with Crippen molar-refractivity contribution in [3.63, 3.8) is 0 Å². The van der Waals surface area contributed by atoms with Crippen LogP contribution in [0.5, 0.6) is 0 Å². The van der Waals surface area contributed by atoms with Crippen molar-refractivity contribution in [3.8, 4) is 0 Å². The third-order valence-electron chi connectivity index (χ3n) is 6.03. The minimum Gasteiger partial charge on any atom is -0.356 e. The maximum Gasteiger partial charge on any atom is 0.228 e. The fourth-order valence-corrected chi connectivity index (χ4v) is 4.65. The number of carbonyl (C=O) groups is 1. The lowest BCUT2D eigenvalue weighted by Crippen LogP contribution is -2.52. The first kappa shape index (κ1) is 16.3. The highest BCUT2D eigenvalue weighted by atomic mass is 16.2. The van der Waals surface area contributed by atoms with Gasteiger partial charge >= 0.3 is 0 Å². The number of rotatable bonds is 3. The molecule has 1 amide bonds. The number of hydrogen-bond donors (Lipinski definition) is 1. The molecule has 4 rings (SSSR count). The van der Waals surface area contributed by atoms with Crippen LogP contribution in [0.4, 0.5) is 0 Å². The Labute approximate surface area is 150 Å². The van der Waals surface area contributed by atoms with E-state index in [2.05, 4.69) is 64.8 Å². The fraction of sp³-hybridized carbons (Fsp3) is 0.409. The number of piperidine rings is 2. The smallest absolute Gasteiger partial charge is 0.228 e. The van der Waals surface area contributed by atoms with E-state index >= 15 is 0 Å². The SMILES string of the molecule is O=C1NCCC2(CCN(Cc3ccccc3)CC2)C1c1ccccc1. The van der Waals surface area contributed by atoms with Crippen LogP contribution in [-0.2, 0) is 11.3 Å². The Bertz CT molecular complexity index is 705. The normalized spacial score (nSPS) is 23.4. The lowest BCUT2D eigenvalue weighted by Gasteiger charge is -2.48. The van der Waals surface area contributed by atoms with Crippen LogP contribution >= 0.6 is 0 Å². The van der Waals surface area contributed by atoms with Crippen LogP contribution in [0.15, 0.2) is 60.7 Å². The number of amides is 1. The van der Waals surface area contributed by atoms with E-state index in [-0.39, 0.29) is 17.2 Å². The van der Waals surface area contributed by atoms with Crippen molar-refractivity contribution in [2.24, 2.45) is 5.41 Å². The zero-order valence-electron chi connectivity index (χ0n) is 14.7. The van der Waals surface area contributed by atoms with Crippen LogP contribution in [0.25, 0.3) is 0 Å². The highest BCUT2D eigenvalue weighted by Crippen LogP contribution is 2.49. The molecule has 2 aliphatic rings. The van der Waals surface area contributed by atoms with Gasteiger partial charge in [0.2, 0.25) is 5.91 Å². The number of nitrogens with zero attached hydrogens (tertiary/aromatic N) is 1. The lowest BCUT2D eigenvalue weighted by molar-refractivity contribution is -0.130. The Kier molecular flexibility index (Phi) is 4.58. The van der Waals surface area contributed by atoms with Gasteiger partial charge in [-0.05, 0) is 48.9 Å². The van der Waals surface area contributed by atoms with E-state index in [0.29, 0.717) is 0 Å². The first-order chi connectivity index (χ1) is 12.3. The van der Waals surface area contributed by atoms with Crippen molar-refractivity contribution < 1.29 is 4.79 Å². The van der Waals surface area contributed by atoms with Gasteiger partial charge in [0.1, 0.15) is 0 Å². The second-order valence-electron chi connectivity index (χ2n) is 7.51. The third kappa shape index (κ3) is 3.34. The monoisotopic (exact) mass is 334 g/mol. The predicted molar refractivity (Wildman–Crippen MR) is 100 cm³/mol. The molecule has 2 aromatic carbocycles. The Morgan fingerprint density at radius 1 is 0.920 bits per heavy atom. The zero-order valence-corrected chi connectivity index (χ0v) is 14.7. The molecule has 2 aromatic rings. The van der Waals surface area contributed by atoms with Crippen LogP contribution in [0.2, 0.25) is 0 Å². The van der Waals surface area contributed by atoms with Gasteiger partial charge in [0.15, 0.2) is 0 Å². The first-order valence-corrected chi connectivity index (χ1v) is 9.36. The third-order valence-corrected chi connectivity index (χ3v) is 6.03. The molecular weight excluding hydrogens is 308 g/mol. The largest absolute Gasteiger partial charge is 0.356 e. The summed E-state index contributed by atoms with van der Waals surface area (Å²) in [6.45, 7) is 3.98. The molecule has 0 aromatic heterocycles. The van der Waals surface area contributed by atoms with Crippen LogP contribution in [-0.4, -0.2) is 30.4 Å². The summed E-state index contributed by atoms with van der Waals surface area (Å²) in [4.78, 5) is 15.3. The molecule has 0 radical (unpaired) electrons. The van der Waals surface area contributed by atoms with Gasteiger partial charge in [-0.15, -0.1) is 0 Å². The summed E-state index contributed by atoms with van der Waals surface area (Å²) in [5, 5.41) is 3.10. The second kappa shape index (κ2) is 7.01. The molecule has 0 aliphatic carbocycles. The van der Waals surface area contributed by atoms with Gasteiger partial charge in [0, 0.05) is 13.1 Å². The van der Waals surface area contributed by atoms with E-state index in [1.54, 1.807) is 0 Å². The van der Waals surface area contributed by atoms with Gasteiger partial charge in [0.25, 0.3) is 0 Å². The van der Waals surface area contributed by atoms with Gasteiger partial charge in [-0.25, -0.2) is 0 Å². The summed E-state index contributed by atoms with van der Waals surface area (Å²) >= 11 is 0. The number of benzene rings is 2. The molecule has 3 heteroatoms. The maximum atomic E-state index is 12.7. The second-order valence-corrected chi connectivity index (χ2v) is 7.51. The van der Waals surface area contributed by atoms with Crippen molar-refractivity contribution in [1.29, 1.82) is 0 Å². The minimum absolute atomic E-state index is 0.00123. The van der Waals surface area contributed by atoms with E-state index in [1.807, 2.05) is 6.07 Å². The maximum absolute atomic E-state index is 12.7. The van der Waals surface area contributed by atoms with Crippen molar-refractivity contribution in [1.82, 2.24) is 10.2 Å². The molecule has 2 fully saturated rings. The number of likely N-dealkylation sites (tertiary alicyclic amines) is 1. The molecule has 2 aliphatic heterocycles. The summed E-state index contributed by atoms with van der Waals surface area (Å²) < 4.78 is 0. The van der Waals surface area contributed by atoms with E-state index < -0.39 is 0 Å². The molecule has 0 saturated carbocycles. The van der Waals surface area contributed by atoms with Gasteiger partial charge in [0.05, 0.1) is 5.92 Å². The Hall–Kier alpha value is -2.13. The highest BCUT2D eigenvalue weighted by molar-refractivity contribution is 5.85. The lowest BCUT2D eigenvalue weighted by atomic mass is 9.62. The van der Waals surface area contributed by atoms with E-state index in [0.717, 1.165) is 45.4 Å². The summed E-state index contributed by atoms with van der Waals surface area (Å²) in [5.41, 5.74) is 2.67. The molecule has 2 heterocycles. The summed E-state index contributed by atoms with van der Waals surface area (Å²) in [6.07, 6.45) is 3.30. The van der Waals surface area contributed by atoms with E-state index in [4.69, 9.17) is 0 Å².